The first-order chi connectivity index (χ1) is 8.91. The van der Waals surface area contributed by atoms with Crippen molar-refractivity contribution in [1.29, 1.82) is 0 Å². The number of rotatable bonds is 5. The third-order valence-electron chi connectivity index (χ3n) is 2.28. The Kier molecular flexibility index (Phi) is 5.41. The summed E-state index contributed by atoms with van der Waals surface area (Å²) in [6, 6.07) is 3.38. The zero-order valence-electron chi connectivity index (χ0n) is 10.8. The molecule has 0 radical (unpaired) electrons. The minimum atomic E-state index is -1.19. The molecule has 0 aliphatic heterocycles. The highest BCUT2D eigenvalue weighted by Crippen LogP contribution is 2.10. The summed E-state index contributed by atoms with van der Waals surface area (Å²) in [4.78, 5) is 22.9. The molecule has 1 rings (SSSR count). The molecular formula is C13H16F2N2O2. The molecule has 4 nitrogen and oxygen atoms in total. The zero-order chi connectivity index (χ0) is 14.4. The lowest BCUT2D eigenvalue weighted by Crippen LogP contribution is -2.34. The van der Waals surface area contributed by atoms with Crippen molar-refractivity contribution >= 4 is 11.8 Å². The zero-order valence-corrected chi connectivity index (χ0v) is 10.8. The standard InChI is InChI=1S/C13H16F2N2O2/c1-8(2)17-11(18)6-7-16-13(19)9-4-3-5-10(14)12(9)15/h3-5,8H,6-7H2,1-2H3,(H,16,19)(H,17,18). The average Bonchev–Trinajstić information content (AvgIpc) is 2.31. The Morgan fingerprint density at radius 3 is 2.58 bits per heavy atom. The molecule has 1 aromatic carbocycles. The topological polar surface area (TPSA) is 58.2 Å². The molecule has 2 amide bonds. The molecule has 0 atom stereocenters. The van der Waals surface area contributed by atoms with Crippen LogP contribution in [0.15, 0.2) is 18.2 Å². The van der Waals surface area contributed by atoms with Crippen LogP contribution in [0, 0.1) is 11.6 Å². The quantitative estimate of drug-likeness (QED) is 0.854. The molecule has 0 saturated heterocycles. The average molecular weight is 270 g/mol. The summed E-state index contributed by atoms with van der Waals surface area (Å²) in [7, 11) is 0. The minimum absolute atomic E-state index is 0.0175. The number of halogens is 2. The van der Waals surface area contributed by atoms with E-state index in [0.717, 1.165) is 6.07 Å². The van der Waals surface area contributed by atoms with Gasteiger partial charge in [0, 0.05) is 19.0 Å². The van der Waals surface area contributed by atoms with Crippen LogP contribution in [0.4, 0.5) is 8.78 Å². The van der Waals surface area contributed by atoms with E-state index in [4.69, 9.17) is 0 Å². The number of hydrogen-bond donors (Lipinski definition) is 2. The Labute approximate surface area is 110 Å². The molecule has 2 N–H and O–H groups in total. The lowest BCUT2D eigenvalue weighted by molar-refractivity contribution is -0.121. The Hall–Kier alpha value is -1.98. The SMILES string of the molecule is CC(C)NC(=O)CCNC(=O)c1cccc(F)c1F. The monoisotopic (exact) mass is 270 g/mol. The highest BCUT2D eigenvalue weighted by molar-refractivity contribution is 5.94. The minimum Gasteiger partial charge on any atom is -0.354 e. The van der Waals surface area contributed by atoms with Crippen LogP contribution in [-0.4, -0.2) is 24.4 Å². The van der Waals surface area contributed by atoms with Crippen LogP contribution in [-0.2, 0) is 4.79 Å². The predicted octanol–water partition coefficient (Wildman–Crippen LogP) is 1.61. The second-order valence-electron chi connectivity index (χ2n) is 4.33. The first kappa shape index (κ1) is 15.1. The molecule has 0 unspecified atom stereocenters. The van der Waals surface area contributed by atoms with Crippen molar-refractivity contribution < 1.29 is 18.4 Å². The van der Waals surface area contributed by atoms with E-state index in [2.05, 4.69) is 10.6 Å². The van der Waals surface area contributed by atoms with Gasteiger partial charge >= 0.3 is 0 Å². The van der Waals surface area contributed by atoms with Crippen molar-refractivity contribution in [1.82, 2.24) is 10.6 Å². The summed E-state index contributed by atoms with van der Waals surface area (Å²) in [5.74, 6) is -3.22. The highest BCUT2D eigenvalue weighted by atomic mass is 19.2. The molecular weight excluding hydrogens is 254 g/mol. The van der Waals surface area contributed by atoms with Gasteiger partial charge in [0.05, 0.1) is 5.56 Å². The van der Waals surface area contributed by atoms with Crippen LogP contribution in [0.25, 0.3) is 0 Å². The van der Waals surface area contributed by atoms with E-state index >= 15 is 0 Å². The van der Waals surface area contributed by atoms with Crippen LogP contribution >= 0.6 is 0 Å². The van der Waals surface area contributed by atoms with E-state index in [0.29, 0.717) is 0 Å². The maximum absolute atomic E-state index is 13.3. The number of benzene rings is 1. The number of hydrogen-bond acceptors (Lipinski definition) is 2. The van der Waals surface area contributed by atoms with Gasteiger partial charge in [0.15, 0.2) is 11.6 Å². The predicted molar refractivity (Wildman–Crippen MR) is 66.6 cm³/mol. The summed E-state index contributed by atoms with van der Waals surface area (Å²) < 4.78 is 26.2. The summed E-state index contributed by atoms with van der Waals surface area (Å²) in [6.07, 6.45) is 0.0842. The summed E-state index contributed by atoms with van der Waals surface area (Å²) in [5.41, 5.74) is -0.371. The van der Waals surface area contributed by atoms with Gasteiger partial charge in [-0.05, 0) is 26.0 Å². The fourth-order valence-corrected chi connectivity index (χ4v) is 1.46. The van der Waals surface area contributed by atoms with Crippen LogP contribution in [0.1, 0.15) is 30.6 Å². The number of carbonyl (C=O) groups is 2. The molecule has 19 heavy (non-hydrogen) atoms. The molecule has 0 heterocycles. The number of carbonyl (C=O) groups excluding carboxylic acids is 2. The lowest BCUT2D eigenvalue weighted by atomic mass is 10.2. The maximum Gasteiger partial charge on any atom is 0.254 e. The third kappa shape index (κ3) is 4.65. The van der Waals surface area contributed by atoms with Crippen molar-refractivity contribution in [2.24, 2.45) is 0 Å². The van der Waals surface area contributed by atoms with Gasteiger partial charge in [0.1, 0.15) is 0 Å². The van der Waals surface area contributed by atoms with Crippen LogP contribution in [0.2, 0.25) is 0 Å². The van der Waals surface area contributed by atoms with E-state index in [1.165, 1.54) is 12.1 Å². The summed E-state index contributed by atoms with van der Waals surface area (Å²) in [6.45, 7) is 3.70. The Morgan fingerprint density at radius 1 is 1.26 bits per heavy atom. The molecule has 1 aromatic rings. The van der Waals surface area contributed by atoms with Crippen LogP contribution in [0.3, 0.4) is 0 Å². The van der Waals surface area contributed by atoms with Crippen molar-refractivity contribution in [3.63, 3.8) is 0 Å². The number of nitrogens with one attached hydrogen (secondary N) is 2. The first-order valence-corrected chi connectivity index (χ1v) is 5.93. The van der Waals surface area contributed by atoms with Gasteiger partial charge in [0.25, 0.3) is 5.91 Å². The Bertz CT molecular complexity index is 476. The normalized spacial score (nSPS) is 10.4. The van der Waals surface area contributed by atoms with Crippen LogP contribution < -0.4 is 10.6 Å². The van der Waals surface area contributed by atoms with Gasteiger partial charge in [0.2, 0.25) is 5.91 Å². The molecule has 6 heteroatoms. The molecule has 0 saturated carbocycles. The Morgan fingerprint density at radius 2 is 1.95 bits per heavy atom. The molecule has 0 aromatic heterocycles. The molecule has 0 aliphatic rings. The van der Waals surface area contributed by atoms with Gasteiger partial charge in [-0.2, -0.15) is 0 Å². The second-order valence-corrected chi connectivity index (χ2v) is 4.33. The molecule has 104 valence electrons. The second kappa shape index (κ2) is 6.82. The van der Waals surface area contributed by atoms with E-state index in [9.17, 15) is 18.4 Å². The van der Waals surface area contributed by atoms with Gasteiger partial charge in [-0.15, -0.1) is 0 Å². The van der Waals surface area contributed by atoms with Crippen molar-refractivity contribution in [2.45, 2.75) is 26.3 Å². The molecule has 0 spiro atoms. The van der Waals surface area contributed by atoms with Crippen molar-refractivity contribution in [3.8, 4) is 0 Å². The van der Waals surface area contributed by atoms with Crippen molar-refractivity contribution in [2.75, 3.05) is 6.54 Å². The van der Waals surface area contributed by atoms with Gasteiger partial charge in [-0.3, -0.25) is 9.59 Å². The molecule has 0 fully saturated rings. The first-order valence-electron chi connectivity index (χ1n) is 5.93. The third-order valence-corrected chi connectivity index (χ3v) is 2.28. The largest absolute Gasteiger partial charge is 0.354 e. The van der Waals surface area contributed by atoms with E-state index in [-0.39, 0.29) is 30.5 Å². The smallest absolute Gasteiger partial charge is 0.254 e. The van der Waals surface area contributed by atoms with Crippen LogP contribution in [0.5, 0.6) is 0 Å². The van der Waals surface area contributed by atoms with Gasteiger partial charge < -0.3 is 10.6 Å². The fraction of sp³-hybridized carbons (Fsp3) is 0.385. The molecule has 0 aliphatic carbocycles. The van der Waals surface area contributed by atoms with Crippen molar-refractivity contribution in [3.05, 3.63) is 35.4 Å². The fourth-order valence-electron chi connectivity index (χ4n) is 1.46. The van der Waals surface area contributed by atoms with Gasteiger partial charge in [-0.25, -0.2) is 8.78 Å². The summed E-state index contributed by atoms with van der Waals surface area (Å²) >= 11 is 0. The summed E-state index contributed by atoms with van der Waals surface area (Å²) in [5, 5.41) is 5.02. The Balaban J connectivity index is 2.48. The van der Waals surface area contributed by atoms with Gasteiger partial charge in [-0.1, -0.05) is 6.07 Å². The van der Waals surface area contributed by atoms with E-state index in [1.807, 2.05) is 13.8 Å². The maximum atomic E-state index is 13.3. The van der Waals surface area contributed by atoms with E-state index < -0.39 is 17.5 Å². The highest BCUT2D eigenvalue weighted by Gasteiger charge is 2.14. The lowest BCUT2D eigenvalue weighted by Gasteiger charge is -2.09. The molecule has 0 bridgehead atoms. The number of amides is 2. The van der Waals surface area contributed by atoms with E-state index in [1.54, 1.807) is 0 Å².